The molecule has 0 saturated heterocycles. The van der Waals surface area contributed by atoms with Crippen molar-refractivity contribution in [3.05, 3.63) is 29.8 Å². The Morgan fingerprint density at radius 3 is 2.38 bits per heavy atom. The highest BCUT2D eigenvalue weighted by Gasteiger charge is 2.69. The van der Waals surface area contributed by atoms with E-state index in [1.54, 1.807) is 0 Å². The standard InChI is InChI=1S/C10H11F2NO2S/c1-16(14,15)8-4-2-3-7(5-8)9(13)6-10(9,11)12/h2-5H,6,13H2,1H3. The Morgan fingerprint density at radius 1 is 1.38 bits per heavy atom. The fraction of sp³-hybridized carbons (Fsp3) is 0.400. The number of alkyl halides is 2. The Kier molecular flexibility index (Phi) is 2.16. The second-order valence-electron chi connectivity index (χ2n) is 4.15. The Labute approximate surface area is 92.2 Å². The first kappa shape index (κ1) is 11.5. The number of hydrogen-bond donors (Lipinski definition) is 1. The first-order valence-electron chi connectivity index (χ1n) is 4.64. The second-order valence-corrected chi connectivity index (χ2v) is 6.17. The lowest BCUT2D eigenvalue weighted by Crippen LogP contribution is -2.27. The van der Waals surface area contributed by atoms with Crippen molar-refractivity contribution in [1.29, 1.82) is 0 Å². The number of halogens is 2. The van der Waals surface area contributed by atoms with Gasteiger partial charge in [-0.05, 0) is 17.7 Å². The van der Waals surface area contributed by atoms with Gasteiger partial charge < -0.3 is 5.73 Å². The molecule has 1 atom stereocenters. The zero-order chi connectivity index (χ0) is 12.2. The van der Waals surface area contributed by atoms with Crippen molar-refractivity contribution >= 4 is 9.84 Å². The molecular weight excluding hydrogens is 236 g/mol. The van der Waals surface area contributed by atoms with Gasteiger partial charge in [-0.15, -0.1) is 0 Å². The van der Waals surface area contributed by atoms with Crippen LogP contribution in [0.3, 0.4) is 0 Å². The number of benzene rings is 1. The summed E-state index contributed by atoms with van der Waals surface area (Å²) in [6.07, 6.45) is 0.591. The molecule has 1 saturated carbocycles. The molecule has 0 aromatic heterocycles. The van der Waals surface area contributed by atoms with Crippen LogP contribution in [0.2, 0.25) is 0 Å². The van der Waals surface area contributed by atoms with Gasteiger partial charge in [-0.3, -0.25) is 0 Å². The average Bonchev–Trinajstić information content (AvgIpc) is 2.66. The van der Waals surface area contributed by atoms with Crippen LogP contribution in [0, 0.1) is 0 Å². The Balaban J connectivity index is 2.47. The monoisotopic (exact) mass is 247 g/mol. The van der Waals surface area contributed by atoms with Crippen LogP contribution in [0.5, 0.6) is 0 Å². The van der Waals surface area contributed by atoms with Crippen LogP contribution in [-0.2, 0) is 15.4 Å². The molecule has 0 amide bonds. The third-order valence-corrected chi connectivity index (χ3v) is 3.92. The summed E-state index contributed by atoms with van der Waals surface area (Å²) in [5.74, 6) is -2.94. The number of hydrogen-bond acceptors (Lipinski definition) is 3. The van der Waals surface area contributed by atoms with E-state index < -0.39 is 27.7 Å². The van der Waals surface area contributed by atoms with Crippen molar-refractivity contribution in [2.75, 3.05) is 6.26 Å². The molecule has 1 aromatic rings. The van der Waals surface area contributed by atoms with E-state index in [0.717, 1.165) is 6.26 Å². The highest BCUT2D eigenvalue weighted by atomic mass is 32.2. The van der Waals surface area contributed by atoms with E-state index in [-0.39, 0.29) is 10.5 Å². The van der Waals surface area contributed by atoms with Gasteiger partial charge >= 0.3 is 0 Å². The third-order valence-electron chi connectivity index (χ3n) is 2.81. The Hall–Kier alpha value is -1.01. The molecule has 2 N–H and O–H groups in total. The van der Waals surface area contributed by atoms with E-state index in [2.05, 4.69) is 0 Å². The van der Waals surface area contributed by atoms with Gasteiger partial charge in [-0.2, -0.15) is 0 Å². The van der Waals surface area contributed by atoms with Crippen molar-refractivity contribution in [3.8, 4) is 0 Å². The summed E-state index contributed by atoms with van der Waals surface area (Å²) in [5, 5.41) is 0. The molecule has 0 radical (unpaired) electrons. The molecule has 0 aliphatic heterocycles. The number of nitrogens with two attached hydrogens (primary N) is 1. The van der Waals surface area contributed by atoms with Crippen molar-refractivity contribution in [2.24, 2.45) is 5.73 Å². The topological polar surface area (TPSA) is 60.2 Å². The number of sulfone groups is 1. The maximum Gasteiger partial charge on any atom is 0.272 e. The van der Waals surface area contributed by atoms with Gasteiger partial charge in [-0.1, -0.05) is 12.1 Å². The van der Waals surface area contributed by atoms with E-state index in [1.165, 1.54) is 24.3 Å². The van der Waals surface area contributed by atoms with Crippen molar-refractivity contribution in [2.45, 2.75) is 22.8 Å². The van der Waals surface area contributed by atoms with Crippen LogP contribution in [0.15, 0.2) is 29.2 Å². The predicted octanol–water partition coefficient (Wildman–Crippen LogP) is 1.28. The molecule has 0 heterocycles. The lowest BCUT2D eigenvalue weighted by Gasteiger charge is -2.11. The van der Waals surface area contributed by atoms with Gasteiger partial charge in [0.1, 0.15) is 5.54 Å². The second kappa shape index (κ2) is 3.01. The smallest absolute Gasteiger partial charge is 0.272 e. The largest absolute Gasteiger partial charge is 0.316 e. The molecule has 2 rings (SSSR count). The fourth-order valence-corrected chi connectivity index (χ4v) is 2.29. The normalized spacial score (nSPS) is 27.8. The minimum absolute atomic E-state index is 0.0116. The van der Waals surface area contributed by atoms with E-state index >= 15 is 0 Å². The summed E-state index contributed by atoms with van der Waals surface area (Å²) in [4.78, 5) is 0.0116. The average molecular weight is 247 g/mol. The summed E-state index contributed by atoms with van der Waals surface area (Å²) in [7, 11) is -3.40. The van der Waals surface area contributed by atoms with E-state index in [0.29, 0.717) is 0 Å². The molecule has 3 nitrogen and oxygen atoms in total. The first-order chi connectivity index (χ1) is 7.17. The molecule has 0 bridgehead atoms. The molecule has 88 valence electrons. The van der Waals surface area contributed by atoms with Gasteiger partial charge in [0.2, 0.25) is 0 Å². The lowest BCUT2D eigenvalue weighted by atomic mass is 10.1. The molecule has 0 spiro atoms. The quantitative estimate of drug-likeness (QED) is 0.856. The van der Waals surface area contributed by atoms with Gasteiger partial charge in [0.15, 0.2) is 9.84 Å². The molecule has 1 aromatic carbocycles. The number of rotatable bonds is 2. The SMILES string of the molecule is CS(=O)(=O)c1cccc(C2(N)CC2(F)F)c1. The minimum atomic E-state index is -3.40. The highest BCUT2D eigenvalue weighted by molar-refractivity contribution is 7.90. The molecule has 1 aliphatic rings. The van der Waals surface area contributed by atoms with E-state index in [1.807, 2.05) is 0 Å². The van der Waals surface area contributed by atoms with E-state index in [4.69, 9.17) is 5.73 Å². The highest BCUT2D eigenvalue weighted by Crippen LogP contribution is 2.57. The predicted molar refractivity (Wildman–Crippen MR) is 55.0 cm³/mol. The minimum Gasteiger partial charge on any atom is -0.316 e. The maximum atomic E-state index is 13.0. The zero-order valence-corrected chi connectivity index (χ0v) is 9.39. The Morgan fingerprint density at radius 2 is 1.94 bits per heavy atom. The lowest BCUT2D eigenvalue weighted by molar-refractivity contribution is 0.0890. The molecule has 6 heteroatoms. The molecule has 1 unspecified atom stereocenters. The van der Waals surface area contributed by atoms with Gasteiger partial charge in [0.05, 0.1) is 4.90 Å². The van der Waals surface area contributed by atoms with E-state index in [9.17, 15) is 17.2 Å². The molecule has 16 heavy (non-hydrogen) atoms. The first-order valence-corrected chi connectivity index (χ1v) is 6.53. The third kappa shape index (κ3) is 1.62. The summed E-state index contributed by atoms with van der Waals surface area (Å²) < 4.78 is 48.6. The van der Waals surface area contributed by atoms with Gasteiger partial charge in [0.25, 0.3) is 5.92 Å². The summed E-state index contributed by atoms with van der Waals surface area (Å²) in [6.45, 7) is 0. The van der Waals surface area contributed by atoms with Crippen LogP contribution in [0.25, 0.3) is 0 Å². The Bertz CT molecular complexity index is 542. The van der Waals surface area contributed by atoms with Crippen LogP contribution in [-0.4, -0.2) is 20.6 Å². The fourth-order valence-electron chi connectivity index (χ4n) is 1.62. The van der Waals surface area contributed by atoms with Crippen molar-refractivity contribution < 1.29 is 17.2 Å². The van der Waals surface area contributed by atoms with Crippen LogP contribution in [0.1, 0.15) is 12.0 Å². The molecular formula is C10H11F2NO2S. The summed E-state index contributed by atoms with van der Waals surface area (Å²) >= 11 is 0. The zero-order valence-electron chi connectivity index (χ0n) is 8.57. The molecule has 1 fully saturated rings. The van der Waals surface area contributed by atoms with Gasteiger partial charge in [0, 0.05) is 12.7 Å². The van der Waals surface area contributed by atoms with Gasteiger partial charge in [-0.25, -0.2) is 17.2 Å². The van der Waals surface area contributed by atoms with Crippen LogP contribution >= 0.6 is 0 Å². The van der Waals surface area contributed by atoms with Crippen LogP contribution < -0.4 is 5.73 Å². The molecule has 1 aliphatic carbocycles. The maximum absolute atomic E-state index is 13.0. The summed E-state index contributed by atoms with van der Waals surface area (Å²) in [5.41, 5.74) is 3.98. The van der Waals surface area contributed by atoms with Crippen LogP contribution in [0.4, 0.5) is 8.78 Å². The van der Waals surface area contributed by atoms with Crippen molar-refractivity contribution in [1.82, 2.24) is 0 Å². The van der Waals surface area contributed by atoms with Crippen molar-refractivity contribution in [3.63, 3.8) is 0 Å². The summed E-state index contributed by atoms with van der Waals surface area (Å²) in [6, 6.07) is 5.43.